The Balaban J connectivity index is 1.64. The van der Waals surface area contributed by atoms with E-state index in [4.69, 9.17) is 0 Å². The fraction of sp³-hybridized carbons (Fsp3) is 0.188. The molecule has 0 spiro atoms. The number of H-pyrrole nitrogens is 1. The maximum atomic E-state index is 13.2. The van der Waals surface area contributed by atoms with Crippen LogP contribution in [0.15, 0.2) is 42.6 Å². The van der Waals surface area contributed by atoms with Crippen molar-refractivity contribution in [2.45, 2.75) is 18.9 Å². The summed E-state index contributed by atoms with van der Waals surface area (Å²) in [5.41, 5.74) is 4.43. The fourth-order valence-electron chi connectivity index (χ4n) is 2.97. The molecule has 1 aliphatic rings. The number of aryl methyl sites for hydroxylation is 1. The first kappa shape index (κ1) is 11.5. The van der Waals surface area contributed by atoms with Crippen molar-refractivity contribution >= 4 is 16.6 Å². The number of aromatic nitrogens is 2. The van der Waals surface area contributed by atoms with Gasteiger partial charge in [-0.2, -0.15) is 5.10 Å². The number of hydrogen-bond acceptors (Lipinski definition) is 2. The largest absolute Gasteiger partial charge is 0.378 e. The molecule has 20 heavy (non-hydrogen) atoms. The van der Waals surface area contributed by atoms with E-state index >= 15 is 0 Å². The Labute approximate surface area is 115 Å². The summed E-state index contributed by atoms with van der Waals surface area (Å²) < 4.78 is 13.2. The maximum Gasteiger partial charge on any atom is 0.123 e. The summed E-state index contributed by atoms with van der Waals surface area (Å²) in [6.45, 7) is 0. The van der Waals surface area contributed by atoms with Crippen molar-refractivity contribution in [1.29, 1.82) is 0 Å². The molecule has 1 heterocycles. The molecular formula is C16H14FN3. The van der Waals surface area contributed by atoms with Crippen LogP contribution in [0.1, 0.15) is 23.6 Å². The van der Waals surface area contributed by atoms with E-state index in [1.807, 2.05) is 24.4 Å². The van der Waals surface area contributed by atoms with Crippen LogP contribution < -0.4 is 5.32 Å². The molecular weight excluding hydrogens is 253 g/mol. The van der Waals surface area contributed by atoms with Crippen molar-refractivity contribution in [2.75, 3.05) is 5.32 Å². The fourth-order valence-corrected chi connectivity index (χ4v) is 2.97. The summed E-state index contributed by atoms with van der Waals surface area (Å²) in [5.74, 6) is -0.149. The lowest BCUT2D eigenvalue weighted by Gasteiger charge is -2.15. The van der Waals surface area contributed by atoms with Crippen LogP contribution in [0.3, 0.4) is 0 Å². The van der Waals surface area contributed by atoms with E-state index in [0.29, 0.717) is 0 Å². The first-order valence-corrected chi connectivity index (χ1v) is 6.77. The second-order valence-electron chi connectivity index (χ2n) is 5.25. The van der Waals surface area contributed by atoms with Gasteiger partial charge in [0, 0.05) is 11.1 Å². The highest BCUT2D eigenvalue weighted by atomic mass is 19.1. The van der Waals surface area contributed by atoms with Crippen LogP contribution >= 0.6 is 0 Å². The Kier molecular flexibility index (Phi) is 2.49. The van der Waals surface area contributed by atoms with Gasteiger partial charge in [-0.15, -0.1) is 0 Å². The molecule has 0 saturated carbocycles. The minimum atomic E-state index is -0.149. The Morgan fingerprint density at radius 2 is 2.15 bits per heavy atom. The van der Waals surface area contributed by atoms with Crippen LogP contribution in [-0.2, 0) is 6.42 Å². The molecule has 1 aromatic heterocycles. The van der Waals surface area contributed by atoms with Crippen LogP contribution in [0.4, 0.5) is 10.1 Å². The van der Waals surface area contributed by atoms with E-state index in [9.17, 15) is 4.39 Å². The zero-order chi connectivity index (χ0) is 13.5. The lowest BCUT2D eigenvalue weighted by Crippen LogP contribution is -2.06. The number of nitrogens with one attached hydrogen (secondary N) is 2. The third-order valence-electron chi connectivity index (χ3n) is 3.96. The zero-order valence-electron chi connectivity index (χ0n) is 10.9. The molecule has 0 radical (unpaired) electrons. The molecule has 1 aliphatic carbocycles. The van der Waals surface area contributed by atoms with Gasteiger partial charge in [-0.1, -0.05) is 6.07 Å². The van der Waals surface area contributed by atoms with Crippen LogP contribution in [0.2, 0.25) is 0 Å². The van der Waals surface area contributed by atoms with Crippen molar-refractivity contribution in [1.82, 2.24) is 10.2 Å². The maximum absolute atomic E-state index is 13.2. The lowest BCUT2D eigenvalue weighted by molar-refractivity contribution is 0.626. The average molecular weight is 267 g/mol. The topological polar surface area (TPSA) is 40.7 Å². The zero-order valence-corrected chi connectivity index (χ0v) is 10.9. The summed E-state index contributed by atoms with van der Waals surface area (Å²) in [6.07, 6.45) is 3.75. The minimum absolute atomic E-state index is 0.149. The normalized spacial score (nSPS) is 17.4. The van der Waals surface area contributed by atoms with Crippen molar-refractivity contribution < 1.29 is 4.39 Å². The summed E-state index contributed by atoms with van der Waals surface area (Å²) in [7, 11) is 0. The molecule has 4 heteroatoms. The number of nitrogens with zero attached hydrogens (tertiary/aromatic N) is 1. The standard InChI is InChI=1S/C16H14FN3/c17-12-2-4-14-10(7-12)1-5-16(14)19-13-3-6-15-11(8-13)9-18-20-15/h2-4,6-9,16,19H,1,5H2,(H,18,20). The second kappa shape index (κ2) is 4.34. The van der Waals surface area contributed by atoms with Gasteiger partial charge >= 0.3 is 0 Å². The predicted molar refractivity (Wildman–Crippen MR) is 77.2 cm³/mol. The molecule has 2 aromatic carbocycles. The van der Waals surface area contributed by atoms with E-state index in [1.54, 1.807) is 6.07 Å². The lowest BCUT2D eigenvalue weighted by atomic mass is 10.1. The SMILES string of the molecule is Fc1ccc2c(c1)CCC2Nc1ccc2[nH]ncc2c1. The molecule has 100 valence electrons. The Morgan fingerprint density at radius 3 is 3.10 bits per heavy atom. The van der Waals surface area contributed by atoms with Crippen LogP contribution in [0.25, 0.3) is 10.9 Å². The third kappa shape index (κ3) is 1.84. The van der Waals surface area contributed by atoms with Gasteiger partial charge in [0.15, 0.2) is 0 Å². The van der Waals surface area contributed by atoms with Gasteiger partial charge in [0.25, 0.3) is 0 Å². The number of rotatable bonds is 2. The third-order valence-corrected chi connectivity index (χ3v) is 3.96. The molecule has 0 bridgehead atoms. The van der Waals surface area contributed by atoms with Crippen molar-refractivity contribution in [3.05, 3.63) is 59.5 Å². The summed E-state index contributed by atoms with van der Waals surface area (Å²) >= 11 is 0. The molecule has 0 fully saturated rings. The quantitative estimate of drug-likeness (QED) is 0.741. The number of halogens is 1. The molecule has 1 atom stereocenters. The number of benzene rings is 2. The van der Waals surface area contributed by atoms with Gasteiger partial charge in [-0.25, -0.2) is 4.39 Å². The molecule has 4 rings (SSSR count). The van der Waals surface area contributed by atoms with Crippen molar-refractivity contribution in [3.8, 4) is 0 Å². The van der Waals surface area contributed by atoms with Gasteiger partial charge in [0.2, 0.25) is 0 Å². The van der Waals surface area contributed by atoms with Gasteiger partial charge in [-0.3, -0.25) is 5.10 Å². The molecule has 2 N–H and O–H groups in total. The van der Waals surface area contributed by atoms with E-state index in [-0.39, 0.29) is 11.9 Å². The summed E-state index contributed by atoms with van der Waals surface area (Å²) in [4.78, 5) is 0. The van der Waals surface area contributed by atoms with Crippen molar-refractivity contribution in [2.24, 2.45) is 0 Å². The molecule has 0 saturated heterocycles. The van der Waals surface area contributed by atoms with E-state index in [2.05, 4.69) is 21.6 Å². The highest BCUT2D eigenvalue weighted by Gasteiger charge is 2.22. The monoisotopic (exact) mass is 267 g/mol. The summed E-state index contributed by atoms with van der Waals surface area (Å²) in [5, 5.41) is 11.6. The minimum Gasteiger partial charge on any atom is -0.378 e. The van der Waals surface area contributed by atoms with Gasteiger partial charge in [0.1, 0.15) is 5.82 Å². The Morgan fingerprint density at radius 1 is 1.20 bits per heavy atom. The highest BCUT2D eigenvalue weighted by molar-refractivity contribution is 5.81. The van der Waals surface area contributed by atoms with E-state index in [0.717, 1.165) is 35.0 Å². The first-order chi connectivity index (χ1) is 9.79. The van der Waals surface area contributed by atoms with Crippen LogP contribution in [0.5, 0.6) is 0 Å². The van der Waals surface area contributed by atoms with E-state index in [1.165, 1.54) is 11.6 Å². The smallest absolute Gasteiger partial charge is 0.123 e. The molecule has 3 nitrogen and oxygen atoms in total. The molecule has 0 amide bonds. The predicted octanol–water partition coefficient (Wildman–Crippen LogP) is 3.80. The second-order valence-corrected chi connectivity index (χ2v) is 5.25. The molecule has 3 aromatic rings. The van der Waals surface area contributed by atoms with Gasteiger partial charge in [0.05, 0.1) is 17.8 Å². The van der Waals surface area contributed by atoms with E-state index < -0.39 is 0 Å². The Bertz CT molecular complexity index is 778. The number of aromatic amines is 1. The molecule has 1 unspecified atom stereocenters. The highest BCUT2D eigenvalue weighted by Crippen LogP contribution is 2.34. The number of anilines is 1. The van der Waals surface area contributed by atoms with Crippen LogP contribution in [-0.4, -0.2) is 10.2 Å². The number of hydrogen-bond donors (Lipinski definition) is 2. The number of fused-ring (bicyclic) bond motifs is 2. The van der Waals surface area contributed by atoms with Crippen molar-refractivity contribution in [3.63, 3.8) is 0 Å². The Hall–Kier alpha value is -2.36. The molecule has 0 aliphatic heterocycles. The average Bonchev–Trinajstić information content (AvgIpc) is 3.05. The van der Waals surface area contributed by atoms with Crippen LogP contribution in [0, 0.1) is 5.82 Å². The first-order valence-electron chi connectivity index (χ1n) is 6.77. The van der Waals surface area contributed by atoms with Gasteiger partial charge < -0.3 is 5.32 Å². The summed E-state index contributed by atoms with van der Waals surface area (Å²) in [6, 6.07) is 11.5. The van der Waals surface area contributed by atoms with Gasteiger partial charge in [-0.05, 0) is 54.3 Å².